The van der Waals surface area contributed by atoms with Gasteiger partial charge in [-0.2, -0.15) is 0 Å². The lowest BCUT2D eigenvalue weighted by atomic mass is 9.69. The Bertz CT molecular complexity index is 1120. The van der Waals surface area contributed by atoms with Gasteiger partial charge >= 0.3 is 0 Å². The number of imidazole rings is 1. The van der Waals surface area contributed by atoms with Crippen molar-refractivity contribution in [1.29, 1.82) is 5.41 Å². The number of anilines is 1. The van der Waals surface area contributed by atoms with Gasteiger partial charge in [0.15, 0.2) is 5.65 Å². The fourth-order valence-electron chi connectivity index (χ4n) is 5.41. The van der Waals surface area contributed by atoms with Crippen molar-refractivity contribution in [2.75, 3.05) is 18.0 Å². The number of hydrogen-bond acceptors (Lipinski definition) is 5. The lowest BCUT2D eigenvalue weighted by Gasteiger charge is -2.43. The Balaban J connectivity index is 1.40. The molecule has 1 unspecified atom stereocenters. The Kier molecular flexibility index (Phi) is 5.65. The van der Waals surface area contributed by atoms with E-state index in [9.17, 15) is 0 Å². The van der Waals surface area contributed by atoms with Crippen LogP contribution in [0.3, 0.4) is 0 Å². The third-order valence-corrected chi connectivity index (χ3v) is 9.15. The zero-order valence-corrected chi connectivity index (χ0v) is 19.7. The van der Waals surface area contributed by atoms with Gasteiger partial charge in [-0.25, -0.2) is 9.97 Å². The van der Waals surface area contributed by atoms with Crippen molar-refractivity contribution in [2.24, 2.45) is 17.3 Å². The van der Waals surface area contributed by atoms with Crippen molar-refractivity contribution in [2.45, 2.75) is 42.4 Å². The molecule has 5 nitrogen and oxygen atoms in total. The third-order valence-electron chi connectivity index (χ3n) is 7.15. The average molecular weight is 474 g/mol. The first kappa shape index (κ1) is 21.1. The first-order valence-corrected chi connectivity index (χ1v) is 12.3. The van der Waals surface area contributed by atoms with E-state index in [-0.39, 0.29) is 0 Å². The van der Waals surface area contributed by atoms with Gasteiger partial charge in [-0.1, -0.05) is 48.0 Å². The first-order chi connectivity index (χ1) is 15.0. The summed E-state index contributed by atoms with van der Waals surface area (Å²) in [6.07, 6.45) is 12.1. The highest BCUT2D eigenvalue weighted by Gasteiger charge is 2.47. The van der Waals surface area contributed by atoms with E-state index in [0.717, 1.165) is 47.3 Å². The molecule has 3 aromatic rings. The topological polar surface area (TPSA) is 57.3 Å². The molecule has 2 atom stereocenters. The zero-order chi connectivity index (χ0) is 21.6. The number of halogens is 2. The summed E-state index contributed by atoms with van der Waals surface area (Å²) in [5.74, 6) is 1.97. The van der Waals surface area contributed by atoms with Crippen LogP contribution in [0, 0.1) is 22.7 Å². The number of hydrogen-bond donors (Lipinski definition) is 1. The van der Waals surface area contributed by atoms with Crippen molar-refractivity contribution < 1.29 is 0 Å². The molecule has 162 valence electrons. The van der Waals surface area contributed by atoms with Gasteiger partial charge in [-0.15, -0.1) is 0 Å². The van der Waals surface area contributed by atoms with Crippen molar-refractivity contribution in [3.05, 3.63) is 46.8 Å². The lowest BCUT2D eigenvalue weighted by molar-refractivity contribution is 0.179. The Morgan fingerprint density at radius 2 is 1.97 bits per heavy atom. The van der Waals surface area contributed by atoms with Gasteiger partial charge in [0.05, 0.1) is 14.9 Å². The molecular formula is C23H25Cl2N5S. The second kappa shape index (κ2) is 8.30. The molecule has 1 aliphatic heterocycles. The van der Waals surface area contributed by atoms with Crippen LogP contribution < -0.4 is 4.90 Å². The minimum atomic E-state index is 0.296. The molecule has 1 saturated carbocycles. The van der Waals surface area contributed by atoms with Crippen LogP contribution in [0.2, 0.25) is 10.0 Å². The molecule has 2 aromatic heterocycles. The molecule has 1 aliphatic carbocycles. The number of nitrogens with zero attached hydrogens (tertiary/aromatic N) is 4. The molecule has 1 N–H and O–H groups in total. The summed E-state index contributed by atoms with van der Waals surface area (Å²) >= 11 is 14.1. The number of rotatable bonds is 4. The maximum Gasteiger partial charge on any atom is 0.211 e. The Morgan fingerprint density at radius 3 is 2.74 bits per heavy atom. The highest BCUT2D eigenvalue weighted by molar-refractivity contribution is 7.99. The molecular weight excluding hydrogens is 449 g/mol. The molecule has 2 aliphatic rings. The largest absolute Gasteiger partial charge is 0.342 e. The minimum Gasteiger partial charge on any atom is -0.342 e. The molecule has 31 heavy (non-hydrogen) atoms. The predicted molar refractivity (Wildman–Crippen MR) is 128 cm³/mol. The zero-order valence-electron chi connectivity index (χ0n) is 17.4. The van der Waals surface area contributed by atoms with Gasteiger partial charge in [-0.05, 0) is 55.4 Å². The van der Waals surface area contributed by atoms with E-state index >= 15 is 0 Å². The van der Waals surface area contributed by atoms with Gasteiger partial charge in [0.2, 0.25) is 5.95 Å². The van der Waals surface area contributed by atoms with Crippen LogP contribution >= 0.6 is 35.0 Å². The summed E-state index contributed by atoms with van der Waals surface area (Å²) in [6, 6.07) is 5.65. The normalized spacial score (nSPS) is 23.0. The van der Waals surface area contributed by atoms with Gasteiger partial charge in [0.25, 0.3) is 0 Å². The van der Waals surface area contributed by atoms with Crippen molar-refractivity contribution in [3.63, 3.8) is 0 Å². The van der Waals surface area contributed by atoms with E-state index in [1.165, 1.54) is 24.6 Å². The Labute approximate surface area is 196 Å². The summed E-state index contributed by atoms with van der Waals surface area (Å²) in [5, 5.41) is 9.05. The second-order valence-corrected chi connectivity index (χ2v) is 10.6. The average Bonchev–Trinajstić information content (AvgIpc) is 3.38. The molecule has 3 heterocycles. The molecule has 0 bridgehead atoms. The van der Waals surface area contributed by atoms with E-state index < -0.39 is 0 Å². The molecule has 1 aromatic carbocycles. The molecule has 1 saturated heterocycles. The van der Waals surface area contributed by atoms with Crippen LogP contribution in [0.25, 0.3) is 5.65 Å². The van der Waals surface area contributed by atoms with E-state index in [0.29, 0.717) is 27.3 Å². The highest BCUT2D eigenvalue weighted by atomic mass is 35.5. The standard InChI is InChI=1S/C23H25Cl2N5S/c1-15-5-6-23(16(15)13-26)7-10-29(11-8-23)22-28-14-19(21-27-9-12-30(21)22)31-18-4-2-3-17(24)20(18)25/h2-4,9,12-16,26H,5-8,10-11H2,1H3/t15?,16-/m1/s1. The predicted octanol–water partition coefficient (Wildman–Crippen LogP) is 6.47. The summed E-state index contributed by atoms with van der Waals surface area (Å²) in [7, 11) is 0. The van der Waals surface area contributed by atoms with Gasteiger partial charge < -0.3 is 10.3 Å². The van der Waals surface area contributed by atoms with Crippen LogP contribution in [0.4, 0.5) is 5.95 Å². The molecule has 0 amide bonds. The maximum absolute atomic E-state index is 7.95. The Hall–Kier alpha value is -1.76. The molecule has 2 fully saturated rings. The first-order valence-electron chi connectivity index (χ1n) is 10.7. The number of benzene rings is 1. The molecule has 1 spiro atoms. The Morgan fingerprint density at radius 1 is 1.16 bits per heavy atom. The molecule has 5 rings (SSSR count). The quantitative estimate of drug-likeness (QED) is 0.441. The number of piperidine rings is 1. The number of fused-ring (bicyclic) bond motifs is 1. The third kappa shape index (κ3) is 3.62. The van der Waals surface area contributed by atoms with Gasteiger partial charge in [0, 0.05) is 42.5 Å². The van der Waals surface area contributed by atoms with Crippen LogP contribution in [-0.4, -0.2) is 33.7 Å². The van der Waals surface area contributed by atoms with E-state index in [2.05, 4.69) is 21.2 Å². The summed E-state index contributed by atoms with van der Waals surface area (Å²) in [5.41, 5.74) is 1.17. The van der Waals surface area contributed by atoms with Crippen LogP contribution in [0.5, 0.6) is 0 Å². The fourth-order valence-corrected chi connectivity index (χ4v) is 6.82. The second-order valence-electron chi connectivity index (χ2n) is 8.76. The summed E-state index contributed by atoms with van der Waals surface area (Å²) in [6.45, 7) is 4.23. The van der Waals surface area contributed by atoms with E-state index in [4.69, 9.17) is 33.6 Å². The van der Waals surface area contributed by atoms with Gasteiger partial charge in [-0.3, -0.25) is 4.40 Å². The van der Waals surface area contributed by atoms with Gasteiger partial charge in [0.1, 0.15) is 0 Å². The molecule has 8 heteroatoms. The van der Waals surface area contributed by atoms with Crippen molar-refractivity contribution in [3.8, 4) is 0 Å². The minimum absolute atomic E-state index is 0.296. The SMILES string of the molecule is CC1CCC2(CCN(c3ncc(Sc4cccc(Cl)c4Cl)c4nccn34)CC2)[C@@H]1C=N. The number of aromatic nitrogens is 3. The van der Waals surface area contributed by atoms with E-state index in [1.54, 1.807) is 12.3 Å². The number of nitrogens with one attached hydrogen (secondary N) is 1. The van der Waals surface area contributed by atoms with E-state index in [1.807, 2.05) is 30.7 Å². The van der Waals surface area contributed by atoms with Crippen LogP contribution in [0.1, 0.15) is 32.6 Å². The summed E-state index contributed by atoms with van der Waals surface area (Å²) < 4.78 is 2.07. The van der Waals surface area contributed by atoms with Crippen molar-refractivity contribution >= 4 is 52.8 Å². The fraction of sp³-hybridized carbons (Fsp3) is 0.435. The van der Waals surface area contributed by atoms with Crippen molar-refractivity contribution in [1.82, 2.24) is 14.4 Å². The highest BCUT2D eigenvalue weighted by Crippen LogP contribution is 2.52. The summed E-state index contributed by atoms with van der Waals surface area (Å²) in [4.78, 5) is 13.6. The lowest BCUT2D eigenvalue weighted by Crippen LogP contribution is -2.44. The van der Waals surface area contributed by atoms with Crippen LogP contribution in [-0.2, 0) is 0 Å². The smallest absolute Gasteiger partial charge is 0.211 e. The monoisotopic (exact) mass is 473 g/mol. The van der Waals surface area contributed by atoms with Crippen LogP contribution in [0.15, 0.2) is 46.6 Å². The molecule has 0 radical (unpaired) electrons. The maximum atomic E-state index is 7.95.